The fraction of sp³-hybridized carbons (Fsp3) is 0.136. The van der Waals surface area contributed by atoms with Gasteiger partial charge in [-0.2, -0.15) is 0 Å². The van der Waals surface area contributed by atoms with Gasteiger partial charge in [0.15, 0.2) is 5.76 Å². The average Bonchev–Trinajstić information content (AvgIpc) is 3.39. The molecule has 0 radical (unpaired) electrons. The van der Waals surface area contributed by atoms with Crippen molar-refractivity contribution in [2.45, 2.75) is 5.92 Å². The van der Waals surface area contributed by atoms with Crippen molar-refractivity contribution in [2.24, 2.45) is 0 Å². The number of rotatable bonds is 6. The van der Waals surface area contributed by atoms with Crippen LogP contribution in [-0.2, 0) is 0 Å². The molecule has 1 amide bonds. The summed E-state index contributed by atoms with van der Waals surface area (Å²) in [4.78, 5) is 15.7. The molecule has 5 nitrogen and oxygen atoms in total. The number of aromatic nitrogens is 1. The second-order valence-corrected chi connectivity index (χ2v) is 6.30. The van der Waals surface area contributed by atoms with Gasteiger partial charge in [-0.05, 0) is 41.5 Å². The van der Waals surface area contributed by atoms with E-state index in [2.05, 4.69) is 16.4 Å². The van der Waals surface area contributed by atoms with E-state index in [-0.39, 0.29) is 11.8 Å². The number of methoxy groups -OCH3 is 1. The average molecular weight is 360 g/mol. The largest absolute Gasteiger partial charge is 0.497 e. The molecule has 0 saturated heterocycles. The number of para-hydroxylation sites is 1. The highest BCUT2D eigenvalue weighted by Crippen LogP contribution is 2.31. The predicted molar refractivity (Wildman–Crippen MR) is 104 cm³/mol. The summed E-state index contributed by atoms with van der Waals surface area (Å²) in [7, 11) is 1.65. The first-order chi connectivity index (χ1) is 13.3. The Morgan fingerprint density at radius 3 is 2.67 bits per heavy atom. The Labute approximate surface area is 157 Å². The summed E-state index contributed by atoms with van der Waals surface area (Å²) in [5.41, 5.74) is 3.30. The van der Waals surface area contributed by atoms with Gasteiger partial charge in [-0.25, -0.2) is 0 Å². The Morgan fingerprint density at radius 1 is 1.11 bits per heavy atom. The molecule has 1 atom stereocenters. The van der Waals surface area contributed by atoms with Crippen LogP contribution in [0.25, 0.3) is 10.9 Å². The van der Waals surface area contributed by atoms with Crippen molar-refractivity contribution in [3.8, 4) is 5.75 Å². The van der Waals surface area contributed by atoms with Gasteiger partial charge in [-0.3, -0.25) is 4.79 Å². The molecule has 4 aromatic rings. The third kappa shape index (κ3) is 3.44. The van der Waals surface area contributed by atoms with Crippen LogP contribution in [0.3, 0.4) is 0 Å². The van der Waals surface area contributed by atoms with Crippen molar-refractivity contribution in [2.75, 3.05) is 13.7 Å². The molecule has 2 N–H and O–H groups in total. The Balaban J connectivity index is 1.67. The van der Waals surface area contributed by atoms with Gasteiger partial charge < -0.3 is 19.5 Å². The van der Waals surface area contributed by atoms with Gasteiger partial charge in [0.05, 0.1) is 13.4 Å². The van der Waals surface area contributed by atoms with Crippen LogP contribution < -0.4 is 10.1 Å². The lowest BCUT2D eigenvalue weighted by Gasteiger charge is -2.18. The number of furan rings is 1. The molecule has 5 heteroatoms. The zero-order valence-electron chi connectivity index (χ0n) is 14.9. The number of aromatic amines is 1. The van der Waals surface area contributed by atoms with Crippen molar-refractivity contribution < 1.29 is 13.9 Å². The van der Waals surface area contributed by atoms with Gasteiger partial charge in [0, 0.05) is 29.6 Å². The molecule has 0 spiro atoms. The normalized spacial score (nSPS) is 12.0. The fourth-order valence-corrected chi connectivity index (χ4v) is 3.32. The number of ether oxygens (including phenoxy) is 1. The van der Waals surface area contributed by atoms with E-state index in [9.17, 15) is 4.79 Å². The molecule has 2 aromatic heterocycles. The Kier molecular flexibility index (Phi) is 4.66. The van der Waals surface area contributed by atoms with Crippen LogP contribution >= 0.6 is 0 Å². The van der Waals surface area contributed by atoms with E-state index in [0.717, 1.165) is 27.8 Å². The summed E-state index contributed by atoms with van der Waals surface area (Å²) in [6.07, 6.45) is 3.51. The summed E-state index contributed by atoms with van der Waals surface area (Å²) in [6.45, 7) is 0.452. The van der Waals surface area contributed by atoms with Crippen LogP contribution in [0.15, 0.2) is 77.5 Å². The minimum atomic E-state index is -0.224. The second-order valence-electron chi connectivity index (χ2n) is 6.30. The topological polar surface area (TPSA) is 67.3 Å². The third-order valence-electron chi connectivity index (χ3n) is 4.73. The van der Waals surface area contributed by atoms with Crippen molar-refractivity contribution in [1.29, 1.82) is 0 Å². The molecule has 0 aliphatic heterocycles. The van der Waals surface area contributed by atoms with Crippen LogP contribution in [0.5, 0.6) is 5.75 Å². The van der Waals surface area contributed by atoms with E-state index in [1.807, 2.05) is 48.7 Å². The first-order valence-corrected chi connectivity index (χ1v) is 8.78. The number of carbonyl (C=O) groups is 1. The fourth-order valence-electron chi connectivity index (χ4n) is 3.32. The summed E-state index contributed by atoms with van der Waals surface area (Å²) < 4.78 is 10.5. The molecule has 0 fully saturated rings. The molecule has 0 bridgehead atoms. The highest BCUT2D eigenvalue weighted by Gasteiger charge is 2.20. The summed E-state index contributed by atoms with van der Waals surface area (Å²) >= 11 is 0. The molecular formula is C22H20N2O3. The Bertz CT molecular complexity index is 1030. The van der Waals surface area contributed by atoms with E-state index >= 15 is 0 Å². The SMILES string of the molecule is COc1ccc([C@@H](CNC(=O)c2ccco2)c2c[nH]c3ccccc23)cc1. The maximum atomic E-state index is 12.3. The molecule has 0 unspecified atom stereocenters. The van der Waals surface area contributed by atoms with Crippen molar-refractivity contribution in [1.82, 2.24) is 10.3 Å². The minimum absolute atomic E-state index is 0.00836. The van der Waals surface area contributed by atoms with Crippen molar-refractivity contribution >= 4 is 16.8 Å². The van der Waals surface area contributed by atoms with Crippen LogP contribution in [0.2, 0.25) is 0 Å². The van der Waals surface area contributed by atoms with Crippen molar-refractivity contribution in [3.05, 3.63) is 90.0 Å². The molecule has 0 aliphatic rings. The molecule has 4 rings (SSSR count). The highest BCUT2D eigenvalue weighted by molar-refractivity contribution is 5.91. The lowest BCUT2D eigenvalue weighted by Crippen LogP contribution is -2.28. The predicted octanol–water partition coefficient (Wildman–Crippen LogP) is 4.33. The Hall–Kier alpha value is -3.47. The summed E-state index contributed by atoms with van der Waals surface area (Å²) in [6, 6.07) is 19.5. The Morgan fingerprint density at radius 2 is 1.93 bits per heavy atom. The van der Waals surface area contributed by atoms with E-state index < -0.39 is 0 Å². The first-order valence-electron chi connectivity index (χ1n) is 8.78. The number of nitrogens with one attached hydrogen (secondary N) is 2. The van der Waals surface area contributed by atoms with E-state index in [1.54, 1.807) is 19.2 Å². The van der Waals surface area contributed by atoms with E-state index in [4.69, 9.17) is 9.15 Å². The van der Waals surface area contributed by atoms with Gasteiger partial charge in [0.2, 0.25) is 0 Å². The molecule has 27 heavy (non-hydrogen) atoms. The van der Waals surface area contributed by atoms with Gasteiger partial charge in [0.1, 0.15) is 5.75 Å². The molecule has 136 valence electrons. The van der Waals surface area contributed by atoms with E-state index in [1.165, 1.54) is 6.26 Å². The van der Waals surface area contributed by atoms with Gasteiger partial charge in [-0.1, -0.05) is 30.3 Å². The maximum Gasteiger partial charge on any atom is 0.287 e. The molecule has 0 aliphatic carbocycles. The molecule has 2 aromatic carbocycles. The molecule has 0 saturated carbocycles. The van der Waals surface area contributed by atoms with E-state index in [0.29, 0.717) is 12.3 Å². The summed E-state index contributed by atoms with van der Waals surface area (Å²) in [5.74, 6) is 0.878. The molecule has 2 heterocycles. The number of benzene rings is 2. The lowest BCUT2D eigenvalue weighted by molar-refractivity contribution is 0.0925. The zero-order valence-corrected chi connectivity index (χ0v) is 14.9. The van der Waals surface area contributed by atoms with Gasteiger partial charge in [0.25, 0.3) is 5.91 Å². The van der Waals surface area contributed by atoms with Crippen LogP contribution in [0.4, 0.5) is 0 Å². The smallest absolute Gasteiger partial charge is 0.287 e. The van der Waals surface area contributed by atoms with Gasteiger partial charge >= 0.3 is 0 Å². The van der Waals surface area contributed by atoms with Crippen LogP contribution in [0.1, 0.15) is 27.6 Å². The summed E-state index contributed by atoms with van der Waals surface area (Å²) in [5, 5.41) is 4.13. The van der Waals surface area contributed by atoms with Crippen molar-refractivity contribution in [3.63, 3.8) is 0 Å². The standard InChI is InChI=1S/C22H20N2O3/c1-26-16-10-8-15(9-11-16)18(13-24-22(25)21-7-4-12-27-21)19-14-23-20-6-3-2-5-17(19)20/h2-12,14,18,23H,13H2,1H3,(H,24,25)/t18-/m1/s1. The number of carbonyl (C=O) groups excluding carboxylic acids is 1. The number of hydrogen-bond acceptors (Lipinski definition) is 3. The minimum Gasteiger partial charge on any atom is -0.497 e. The quantitative estimate of drug-likeness (QED) is 0.538. The lowest BCUT2D eigenvalue weighted by atomic mass is 9.90. The van der Waals surface area contributed by atoms with Crippen LogP contribution in [0, 0.1) is 0 Å². The van der Waals surface area contributed by atoms with Crippen LogP contribution in [-0.4, -0.2) is 24.5 Å². The first kappa shape index (κ1) is 17.0. The zero-order chi connectivity index (χ0) is 18.6. The number of hydrogen-bond donors (Lipinski definition) is 2. The molecular weight excluding hydrogens is 340 g/mol. The maximum absolute atomic E-state index is 12.3. The number of H-pyrrole nitrogens is 1. The van der Waals surface area contributed by atoms with Gasteiger partial charge in [-0.15, -0.1) is 0 Å². The third-order valence-corrected chi connectivity index (χ3v) is 4.73. The highest BCUT2D eigenvalue weighted by atomic mass is 16.5. The second kappa shape index (κ2) is 7.41. The number of fused-ring (bicyclic) bond motifs is 1. The number of amides is 1. The monoisotopic (exact) mass is 360 g/mol.